The Bertz CT molecular complexity index is 392. The number of benzene rings is 1. The van der Waals surface area contributed by atoms with Gasteiger partial charge < -0.3 is 15.2 Å². The van der Waals surface area contributed by atoms with Crippen LogP contribution in [-0.2, 0) is 11.3 Å². The van der Waals surface area contributed by atoms with Crippen molar-refractivity contribution in [1.82, 2.24) is 0 Å². The number of fused-ring (bicyclic) bond motifs is 1. The van der Waals surface area contributed by atoms with Gasteiger partial charge in [0.2, 0.25) is 0 Å². The molecule has 2 rings (SSSR count). The van der Waals surface area contributed by atoms with Crippen LogP contribution in [0.25, 0.3) is 0 Å². The van der Waals surface area contributed by atoms with Crippen LogP contribution in [0.3, 0.4) is 0 Å². The zero-order valence-corrected chi connectivity index (χ0v) is 7.25. The van der Waals surface area contributed by atoms with Gasteiger partial charge in [-0.25, -0.2) is 4.39 Å². The molecule has 0 aromatic heterocycles. The summed E-state index contributed by atoms with van der Waals surface area (Å²) in [6.45, 7) is 0.284. The lowest BCUT2D eigenvalue weighted by atomic mass is 10.1. The summed E-state index contributed by atoms with van der Waals surface area (Å²) in [7, 11) is 0. The Morgan fingerprint density at radius 1 is 1.50 bits per heavy atom. The van der Waals surface area contributed by atoms with Crippen molar-refractivity contribution in [2.75, 3.05) is 6.79 Å². The van der Waals surface area contributed by atoms with Gasteiger partial charge in [-0.2, -0.15) is 0 Å². The van der Waals surface area contributed by atoms with Crippen molar-refractivity contribution in [3.8, 4) is 5.75 Å². The number of hydrogen-bond donors (Lipinski definition) is 1. The van der Waals surface area contributed by atoms with Gasteiger partial charge in [0.1, 0.15) is 11.6 Å². The van der Waals surface area contributed by atoms with E-state index in [-0.39, 0.29) is 19.0 Å². The summed E-state index contributed by atoms with van der Waals surface area (Å²) in [6, 6.07) is 2.33. The molecule has 5 heteroatoms. The Labute approximate surface area is 79.4 Å². The Morgan fingerprint density at radius 2 is 2.29 bits per heavy atom. The molecule has 0 spiro atoms. The molecule has 1 heterocycles. The van der Waals surface area contributed by atoms with Crippen LogP contribution < -0.4 is 10.5 Å². The first-order valence-corrected chi connectivity index (χ1v) is 4.01. The molecule has 74 valence electrons. The summed E-state index contributed by atoms with van der Waals surface area (Å²) < 4.78 is 23.0. The third kappa shape index (κ3) is 1.42. The Hall–Kier alpha value is -1.62. The van der Waals surface area contributed by atoms with Crippen LogP contribution in [0.5, 0.6) is 5.75 Å². The first-order valence-electron chi connectivity index (χ1n) is 4.01. The van der Waals surface area contributed by atoms with Crippen LogP contribution >= 0.6 is 0 Å². The highest BCUT2D eigenvalue weighted by Crippen LogP contribution is 2.28. The number of amides is 1. The quantitative estimate of drug-likeness (QED) is 0.724. The van der Waals surface area contributed by atoms with Gasteiger partial charge in [0, 0.05) is 5.56 Å². The second kappa shape index (κ2) is 3.26. The number of halogens is 1. The van der Waals surface area contributed by atoms with E-state index in [1.807, 2.05) is 0 Å². The van der Waals surface area contributed by atoms with E-state index in [1.54, 1.807) is 0 Å². The predicted molar refractivity (Wildman–Crippen MR) is 45.2 cm³/mol. The summed E-state index contributed by atoms with van der Waals surface area (Å²) in [6.07, 6.45) is 0. The molecular weight excluding hydrogens is 189 g/mol. The van der Waals surface area contributed by atoms with Crippen molar-refractivity contribution in [2.45, 2.75) is 6.61 Å². The number of primary amides is 1. The third-order valence-electron chi connectivity index (χ3n) is 1.94. The molecule has 0 saturated heterocycles. The van der Waals surface area contributed by atoms with Crippen molar-refractivity contribution in [1.29, 1.82) is 0 Å². The lowest BCUT2D eigenvalue weighted by Gasteiger charge is -2.19. The van der Waals surface area contributed by atoms with E-state index in [9.17, 15) is 9.18 Å². The molecular formula is C9H8FNO3. The highest BCUT2D eigenvalue weighted by atomic mass is 19.1. The monoisotopic (exact) mass is 197 g/mol. The van der Waals surface area contributed by atoms with Crippen molar-refractivity contribution in [3.05, 3.63) is 29.1 Å². The van der Waals surface area contributed by atoms with E-state index in [4.69, 9.17) is 15.2 Å². The topological polar surface area (TPSA) is 61.6 Å². The van der Waals surface area contributed by atoms with Gasteiger partial charge in [0.05, 0.1) is 12.2 Å². The highest BCUT2D eigenvalue weighted by molar-refractivity contribution is 5.96. The molecule has 1 amide bonds. The van der Waals surface area contributed by atoms with Crippen LogP contribution in [-0.4, -0.2) is 12.7 Å². The number of nitrogens with two attached hydrogens (primary N) is 1. The molecule has 1 aliphatic rings. The molecule has 0 radical (unpaired) electrons. The van der Waals surface area contributed by atoms with Crippen LogP contribution in [0.2, 0.25) is 0 Å². The molecule has 1 aromatic rings. The zero-order chi connectivity index (χ0) is 10.1. The SMILES string of the molecule is NC(=O)c1cc(F)cc2c1OCOC2. The van der Waals surface area contributed by atoms with E-state index in [0.29, 0.717) is 11.3 Å². The number of carbonyl (C=O) groups excluding carboxylic acids is 1. The van der Waals surface area contributed by atoms with Crippen LogP contribution in [0.15, 0.2) is 12.1 Å². The minimum Gasteiger partial charge on any atom is -0.466 e. The Morgan fingerprint density at radius 3 is 3.00 bits per heavy atom. The van der Waals surface area contributed by atoms with E-state index in [2.05, 4.69) is 0 Å². The molecule has 0 unspecified atom stereocenters. The average molecular weight is 197 g/mol. The first kappa shape index (κ1) is 8.96. The van der Waals surface area contributed by atoms with Crippen molar-refractivity contribution < 1.29 is 18.7 Å². The fraction of sp³-hybridized carbons (Fsp3) is 0.222. The molecule has 1 aromatic carbocycles. The third-order valence-corrected chi connectivity index (χ3v) is 1.94. The first-order chi connectivity index (χ1) is 6.68. The summed E-state index contributed by atoms with van der Waals surface area (Å²) in [5.41, 5.74) is 5.64. The normalized spacial score (nSPS) is 14.4. The minimum absolute atomic E-state index is 0.0545. The second-order valence-corrected chi connectivity index (χ2v) is 2.92. The van der Waals surface area contributed by atoms with E-state index in [0.717, 1.165) is 6.07 Å². The van der Waals surface area contributed by atoms with Gasteiger partial charge in [-0.1, -0.05) is 0 Å². The largest absolute Gasteiger partial charge is 0.466 e. The molecule has 0 bridgehead atoms. The maximum absolute atomic E-state index is 13.0. The predicted octanol–water partition coefficient (Wildman–Crippen LogP) is 0.791. The molecule has 2 N–H and O–H groups in total. The molecule has 0 saturated carbocycles. The number of rotatable bonds is 1. The zero-order valence-electron chi connectivity index (χ0n) is 7.25. The van der Waals surface area contributed by atoms with Crippen LogP contribution in [0.1, 0.15) is 15.9 Å². The average Bonchev–Trinajstić information content (AvgIpc) is 2.16. The summed E-state index contributed by atoms with van der Waals surface area (Å²) in [5, 5.41) is 0. The highest BCUT2D eigenvalue weighted by Gasteiger charge is 2.19. The molecule has 14 heavy (non-hydrogen) atoms. The van der Waals surface area contributed by atoms with Crippen LogP contribution in [0, 0.1) is 5.82 Å². The van der Waals surface area contributed by atoms with E-state index < -0.39 is 11.7 Å². The van der Waals surface area contributed by atoms with E-state index in [1.165, 1.54) is 6.07 Å². The van der Waals surface area contributed by atoms with E-state index >= 15 is 0 Å². The number of carbonyl (C=O) groups is 1. The van der Waals surface area contributed by atoms with Crippen molar-refractivity contribution >= 4 is 5.91 Å². The smallest absolute Gasteiger partial charge is 0.252 e. The second-order valence-electron chi connectivity index (χ2n) is 2.92. The van der Waals surface area contributed by atoms with Gasteiger partial charge in [-0.15, -0.1) is 0 Å². The molecule has 4 nitrogen and oxygen atoms in total. The standard InChI is InChI=1S/C9H8FNO3/c10-6-1-5-3-13-4-14-8(5)7(2-6)9(11)12/h1-2H,3-4H2,(H2,11,12). The summed E-state index contributed by atoms with van der Waals surface area (Å²) in [4.78, 5) is 11.0. The van der Waals surface area contributed by atoms with Gasteiger partial charge >= 0.3 is 0 Å². The van der Waals surface area contributed by atoms with Crippen molar-refractivity contribution in [3.63, 3.8) is 0 Å². The maximum atomic E-state index is 13.0. The Balaban J connectivity index is 2.58. The molecule has 1 aliphatic heterocycles. The maximum Gasteiger partial charge on any atom is 0.252 e. The molecule has 0 aliphatic carbocycles. The van der Waals surface area contributed by atoms with Gasteiger partial charge in [-0.3, -0.25) is 4.79 Å². The van der Waals surface area contributed by atoms with Gasteiger partial charge in [-0.05, 0) is 12.1 Å². The molecule has 0 fully saturated rings. The van der Waals surface area contributed by atoms with Crippen molar-refractivity contribution in [2.24, 2.45) is 5.73 Å². The molecule has 0 atom stereocenters. The van der Waals surface area contributed by atoms with Gasteiger partial charge in [0.25, 0.3) is 5.91 Å². The van der Waals surface area contributed by atoms with Gasteiger partial charge in [0.15, 0.2) is 6.79 Å². The lowest BCUT2D eigenvalue weighted by molar-refractivity contribution is -0.0170. The fourth-order valence-electron chi connectivity index (χ4n) is 1.36. The lowest BCUT2D eigenvalue weighted by Crippen LogP contribution is -2.19. The minimum atomic E-state index is -0.706. The number of ether oxygens (including phenoxy) is 2. The fourth-order valence-corrected chi connectivity index (χ4v) is 1.36. The Kier molecular flexibility index (Phi) is 2.09. The van der Waals surface area contributed by atoms with Crippen LogP contribution in [0.4, 0.5) is 4.39 Å². The number of hydrogen-bond acceptors (Lipinski definition) is 3. The summed E-state index contributed by atoms with van der Waals surface area (Å²) in [5.74, 6) is -0.903. The summed E-state index contributed by atoms with van der Waals surface area (Å²) >= 11 is 0.